The fourth-order valence-corrected chi connectivity index (χ4v) is 1.56. The van der Waals surface area contributed by atoms with Crippen molar-refractivity contribution in [2.45, 2.75) is 6.92 Å². The Bertz CT molecular complexity index is 317. The average molecular weight is 294 g/mol. The summed E-state index contributed by atoms with van der Waals surface area (Å²) >= 11 is 9.12. The van der Waals surface area contributed by atoms with Gasteiger partial charge in [0.05, 0.1) is 18.2 Å². The van der Waals surface area contributed by atoms with Crippen LogP contribution >= 0.6 is 27.5 Å². The van der Waals surface area contributed by atoms with Gasteiger partial charge in [-0.15, -0.1) is 11.6 Å². The van der Waals surface area contributed by atoms with Gasteiger partial charge in [-0.1, -0.05) is 6.92 Å². The Hall–Kier alpha value is -0.410. The maximum atomic E-state index is 5.69. The van der Waals surface area contributed by atoms with Gasteiger partial charge in [0, 0.05) is 11.8 Å². The van der Waals surface area contributed by atoms with Crippen LogP contribution in [0.2, 0.25) is 0 Å². The summed E-state index contributed by atoms with van der Waals surface area (Å²) in [5.74, 6) is 2.57. The molecule has 2 nitrogen and oxygen atoms in total. The Morgan fingerprint density at radius 2 is 2.20 bits per heavy atom. The molecule has 0 fully saturated rings. The SMILES string of the molecule is COc1ccc(OCC(C)CCl)c(Br)c1. The van der Waals surface area contributed by atoms with E-state index in [1.54, 1.807) is 7.11 Å². The molecular weight excluding hydrogens is 279 g/mol. The number of hydrogen-bond donors (Lipinski definition) is 0. The summed E-state index contributed by atoms with van der Waals surface area (Å²) in [7, 11) is 1.64. The monoisotopic (exact) mass is 292 g/mol. The predicted octanol–water partition coefficient (Wildman–Crippen LogP) is 3.71. The molecule has 1 aromatic rings. The first-order valence-electron chi connectivity index (χ1n) is 4.69. The number of hydrogen-bond acceptors (Lipinski definition) is 2. The van der Waals surface area contributed by atoms with Gasteiger partial charge in [-0.25, -0.2) is 0 Å². The van der Waals surface area contributed by atoms with Crippen molar-refractivity contribution < 1.29 is 9.47 Å². The zero-order valence-corrected chi connectivity index (χ0v) is 11.1. The van der Waals surface area contributed by atoms with Gasteiger partial charge in [0.2, 0.25) is 0 Å². The predicted molar refractivity (Wildman–Crippen MR) is 66.1 cm³/mol. The molecule has 0 N–H and O–H groups in total. The maximum Gasteiger partial charge on any atom is 0.133 e. The first-order chi connectivity index (χ1) is 7.17. The number of benzene rings is 1. The van der Waals surface area contributed by atoms with Gasteiger partial charge in [-0.2, -0.15) is 0 Å². The molecule has 84 valence electrons. The van der Waals surface area contributed by atoms with Gasteiger partial charge >= 0.3 is 0 Å². The molecule has 0 saturated heterocycles. The van der Waals surface area contributed by atoms with Crippen LogP contribution < -0.4 is 9.47 Å². The van der Waals surface area contributed by atoms with Crippen molar-refractivity contribution in [3.63, 3.8) is 0 Å². The van der Waals surface area contributed by atoms with E-state index >= 15 is 0 Å². The molecule has 0 radical (unpaired) electrons. The molecule has 4 heteroatoms. The third-order valence-corrected chi connectivity index (χ3v) is 3.07. The van der Waals surface area contributed by atoms with E-state index in [-0.39, 0.29) is 0 Å². The minimum absolute atomic E-state index is 0.348. The quantitative estimate of drug-likeness (QED) is 0.771. The normalized spacial score (nSPS) is 12.3. The summed E-state index contributed by atoms with van der Waals surface area (Å²) < 4.78 is 11.6. The lowest BCUT2D eigenvalue weighted by molar-refractivity contribution is 0.270. The van der Waals surface area contributed by atoms with E-state index in [0.29, 0.717) is 18.4 Å². The van der Waals surface area contributed by atoms with E-state index in [4.69, 9.17) is 21.1 Å². The van der Waals surface area contributed by atoms with Crippen molar-refractivity contribution in [2.75, 3.05) is 19.6 Å². The van der Waals surface area contributed by atoms with Gasteiger partial charge in [0.15, 0.2) is 0 Å². The van der Waals surface area contributed by atoms with Crippen molar-refractivity contribution in [3.05, 3.63) is 22.7 Å². The largest absolute Gasteiger partial charge is 0.497 e. The van der Waals surface area contributed by atoms with Crippen molar-refractivity contribution in [1.82, 2.24) is 0 Å². The molecular formula is C11H14BrClO2. The maximum absolute atomic E-state index is 5.69. The Kier molecular flexibility index (Phi) is 5.26. The van der Waals surface area contributed by atoms with Gasteiger partial charge in [-0.3, -0.25) is 0 Å². The first kappa shape index (κ1) is 12.7. The molecule has 0 heterocycles. The molecule has 1 atom stereocenters. The second-order valence-corrected chi connectivity index (χ2v) is 4.53. The molecule has 0 aliphatic rings. The van der Waals surface area contributed by atoms with Crippen LogP contribution in [0.3, 0.4) is 0 Å². The standard InChI is InChI=1S/C11H14BrClO2/c1-8(6-13)7-15-11-4-3-9(14-2)5-10(11)12/h3-5,8H,6-7H2,1-2H3. The van der Waals surface area contributed by atoms with Crippen LogP contribution in [-0.2, 0) is 0 Å². The number of ether oxygens (including phenoxy) is 2. The smallest absolute Gasteiger partial charge is 0.133 e. The minimum atomic E-state index is 0.348. The van der Waals surface area contributed by atoms with Gasteiger partial charge in [0.1, 0.15) is 11.5 Å². The van der Waals surface area contributed by atoms with Crippen LogP contribution in [-0.4, -0.2) is 19.6 Å². The summed E-state index contributed by atoms with van der Waals surface area (Å²) in [5, 5.41) is 0. The van der Waals surface area contributed by atoms with E-state index in [0.717, 1.165) is 16.0 Å². The lowest BCUT2D eigenvalue weighted by Gasteiger charge is -2.12. The summed E-state index contributed by atoms with van der Waals surface area (Å²) in [5.41, 5.74) is 0. The van der Waals surface area contributed by atoms with Crippen LogP contribution in [0.5, 0.6) is 11.5 Å². The van der Waals surface area contributed by atoms with E-state index in [1.807, 2.05) is 25.1 Å². The topological polar surface area (TPSA) is 18.5 Å². The molecule has 0 aromatic heterocycles. The fourth-order valence-electron chi connectivity index (χ4n) is 1.00. The summed E-state index contributed by atoms with van der Waals surface area (Å²) in [6.07, 6.45) is 0. The Morgan fingerprint density at radius 1 is 1.47 bits per heavy atom. The zero-order chi connectivity index (χ0) is 11.3. The molecule has 15 heavy (non-hydrogen) atoms. The highest BCUT2D eigenvalue weighted by Crippen LogP contribution is 2.29. The lowest BCUT2D eigenvalue weighted by Crippen LogP contribution is -2.09. The van der Waals surface area contributed by atoms with Gasteiger partial charge in [0.25, 0.3) is 0 Å². The van der Waals surface area contributed by atoms with E-state index in [9.17, 15) is 0 Å². The van der Waals surface area contributed by atoms with E-state index in [2.05, 4.69) is 15.9 Å². The summed E-state index contributed by atoms with van der Waals surface area (Å²) in [6.45, 7) is 2.67. The summed E-state index contributed by atoms with van der Waals surface area (Å²) in [6, 6.07) is 5.62. The molecule has 0 aliphatic heterocycles. The van der Waals surface area contributed by atoms with Crippen LogP contribution in [0.15, 0.2) is 22.7 Å². The van der Waals surface area contributed by atoms with Crippen molar-refractivity contribution in [1.29, 1.82) is 0 Å². The molecule has 0 saturated carbocycles. The molecule has 0 aliphatic carbocycles. The molecule has 1 rings (SSSR count). The Morgan fingerprint density at radius 3 is 2.73 bits per heavy atom. The van der Waals surface area contributed by atoms with Crippen molar-refractivity contribution in [2.24, 2.45) is 5.92 Å². The van der Waals surface area contributed by atoms with Gasteiger partial charge in [-0.05, 0) is 34.1 Å². The lowest BCUT2D eigenvalue weighted by atomic mass is 10.2. The van der Waals surface area contributed by atoms with Crippen LogP contribution in [0.4, 0.5) is 0 Å². The number of rotatable bonds is 5. The highest BCUT2D eigenvalue weighted by atomic mass is 79.9. The molecule has 0 spiro atoms. The molecule has 1 unspecified atom stereocenters. The Labute approximate surface area is 104 Å². The molecule has 1 aromatic carbocycles. The van der Waals surface area contributed by atoms with E-state index in [1.165, 1.54) is 0 Å². The van der Waals surface area contributed by atoms with Crippen molar-refractivity contribution >= 4 is 27.5 Å². The first-order valence-corrected chi connectivity index (χ1v) is 6.02. The fraction of sp³-hybridized carbons (Fsp3) is 0.455. The van der Waals surface area contributed by atoms with Crippen LogP contribution in [0, 0.1) is 5.92 Å². The minimum Gasteiger partial charge on any atom is -0.497 e. The highest BCUT2D eigenvalue weighted by molar-refractivity contribution is 9.10. The van der Waals surface area contributed by atoms with Crippen LogP contribution in [0.25, 0.3) is 0 Å². The zero-order valence-electron chi connectivity index (χ0n) is 8.80. The number of halogens is 2. The average Bonchev–Trinajstić information content (AvgIpc) is 2.26. The molecule has 0 amide bonds. The molecule has 0 bridgehead atoms. The second-order valence-electron chi connectivity index (χ2n) is 3.37. The highest BCUT2D eigenvalue weighted by Gasteiger charge is 2.05. The second kappa shape index (κ2) is 6.23. The van der Waals surface area contributed by atoms with Crippen molar-refractivity contribution in [3.8, 4) is 11.5 Å². The number of alkyl halides is 1. The Balaban J connectivity index is 2.62. The third-order valence-electron chi connectivity index (χ3n) is 1.93. The van der Waals surface area contributed by atoms with Crippen LogP contribution in [0.1, 0.15) is 6.92 Å². The summed E-state index contributed by atoms with van der Waals surface area (Å²) in [4.78, 5) is 0. The number of methoxy groups -OCH3 is 1. The third kappa shape index (κ3) is 3.92. The van der Waals surface area contributed by atoms with E-state index < -0.39 is 0 Å². The van der Waals surface area contributed by atoms with Gasteiger partial charge < -0.3 is 9.47 Å².